The first kappa shape index (κ1) is 21.3. The van der Waals surface area contributed by atoms with E-state index in [4.69, 9.17) is 21.3 Å². The molecule has 1 fully saturated rings. The minimum atomic E-state index is -0.207. The summed E-state index contributed by atoms with van der Waals surface area (Å²) in [5, 5.41) is 3.21. The van der Waals surface area contributed by atoms with Gasteiger partial charge in [0, 0.05) is 24.4 Å². The smallest absolute Gasteiger partial charge is 0.245 e. The molecule has 8 nitrogen and oxygen atoms in total. The normalized spacial score (nSPS) is 14.3. The highest BCUT2D eigenvalue weighted by molar-refractivity contribution is 6.33. The number of carbonyl (C=O) groups excluding carboxylic acids is 1. The summed E-state index contributed by atoms with van der Waals surface area (Å²) in [4.78, 5) is 29.7. The molecule has 3 aromatic heterocycles. The van der Waals surface area contributed by atoms with E-state index in [1.54, 1.807) is 18.3 Å². The first-order chi connectivity index (χ1) is 15.8. The summed E-state index contributed by atoms with van der Waals surface area (Å²) in [6.07, 6.45) is 5.25. The van der Waals surface area contributed by atoms with Crippen molar-refractivity contribution < 1.29 is 9.53 Å². The molecular weight excluding hydrogens is 440 g/mol. The Balaban J connectivity index is 1.66. The maximum atomic E-state index is 11.4. The molecular formula is C24H23ClN6O2. The number of ether oxygens (including phenoxy) is 1. The molecule has 9 heteroatoms. The van der Waals surface area contributed by atoms with Crippen LogP contribution in [0.25, 0.3) is 22.6 Å². The van der Waals surface area contributed by atoms with Crippen molar-refractivity contribution in [3.05, 3.63) is 59.1 Å². The van der Waals surface area contributed by atoms with Gasteiger partial charge in [-0.15, -0.1) is 0 Å². The van der Waals surface area contributed by atoms with Crippen LogP contribution in [0, 0.1) is 6.92 Å². The van der Waals surface area contributed by atoms with E-state index in [1.807, 2.05) is 29.7 Å². The number of nitrogens with zero attached hydrogens (tertiary/aromatic N) is 5. The highest BCUT2D eigenvalue weighted by Gasteiger charge is 2.41. The Labute approximate surface area is 196 Å². The van der Waals surface area contributed by atoms with E-state index >= 15 is 0 Å². The lowest BCUT2D eigenvalue weighted by Gasteiger charge is -2.12. The second-order valence-corrected chi connectivity index (χ2v) is 9.03. The molecule has 0 aliphatic heterocycles. The molecule has 0 bridgehead atoms. The summed E-state index contributed by atoms with van der Waals surface area (Å²) in [5.41, 5.74) is 4.33. The quantitative estimate of drug-likeness (QED) is 0.442. The fourth-order valence-electron chi connectivity index (χ4n) is 3.68. The van der Waals surface area contributed by atoms with E-state index in [0.29, 0.717) is 45.7 Å². The molecule has 0 unspecified atom stereocenters. The number of pyridine rings is 1. The number of halogens is 1. The SMILES string of the molecule is CC(=O)Nc1ccc(-c2nc3c(OC4(C)CC4)ncnc3n2Cc2cc(C)ccn2)c(Cl)c1. The number of benzene rings is 1. The number of rotatable bonds is 6. The van der Waals surface area contributed by atoms with Crippen molar-refractivity contribution in [1.82, 2.24) is 24.5 Å². The van der Waals surface area contributed by atoms with Crippen molar-refractivity contribution in [2.75, 3.05) is 5.32 Å². The standard InChI is InChI=1S/C24H23ClN6O2/c1-14-6-9-26-17(10-14)12-31-21(18-5-4-16(11-19(18)25)29-15(2)32)30-20-22(31)27-13-28-23(20)33-24(3)7-8-24/h4-6,9-11,13H,7-8,12H2,1-3H3,(H,29,32). The van der Waals surface area contributed by atoms with Crippen LogP contribution in [-0.2, 0) is 11.3 Å². The molecule has 0 atom stereocenters. The van der Waals surface area contributed by atoms with Crippen LogP contribution in [0.5, 0.6) is 5.88 Å². The number of imidazole rings is 1. The molecule has 1 aliphatic carbocycles. The molecule has 33 heavy (non-hydrogen) atoms. The number of aryl methyl sites for hydroxylation is 1. The van der Waals surface area contributed by atoms with Crippen molar-refractivity contribution >= 4 is 34.4 Å². The zero-order valence-corrected chi connectivity index (χ0v) is 19.3. The third-order valence-electron chi connectivity index (χ3n) is 5.62. The van der Waals surface area contributed by atoms with E-state index in [9.17, 15) is 4.79 Å². The Morgan fingerprint density at radius 1 is 1.21 bits per heavy atom. The summed E-state index contributed by atoms with van der Waals surface area (Å²) in [6, 6.07) is 9.33. The van der Waals surface area contributed by atoms with Crippen LogP contribution >= 0.6 is 11.6 Å². The van der Waals surface area contributed by atoms with Crippen molar-refractivity contribution in [3.8, 4) is 17.3 Å². The van der Waals surface area contributed by atoms with E-state index in [2.05, 4.69) is 27.2 Å². The Hall–Kier alpha value is -3.52. The summed E-state index contributed by atoms with van der Waals surface area (Å²) >= 11 is 6.64. The zero-order chi connectivity index (χ0) is 23.2. The number of nitrogens with one attached hydrogen (secondary N) is 1. The molecule has 3 heterocycles. The highest BCUT2D eigenvalue weighted by atomic mass is 35.5. The number of anilines is 1. The molecule has 5 rings (SSSR count). The van der Waals surface area contributed by atoms with Gasteiger partial charge in [-0.05, 0) is 62.6 Å². The predicted octanol–water partition coefficient (Wildman–Crippen LogP) is 4.79. The van der Waals surface area contributed by atoms with Crippen molar-refractivity contribution in [2.24, 2.45) is 0 Å². The number of amides is 1. The first-order valence-electron chi connectivity index (χ1n) is 10.7. The highest BCUT2D eigenvalue weighted by Crippen LogP contribution is 2.41. The van der Waals surface area contributed by atoms with Gasteiger partial charge in [-0.25, -0.2) is 9.97 Å². The van der Waals surface area contributed by atoms with Crippen LogP contribution in [0.3, 0.4) is 0 Å². The molecule has 1 aromatic carbocycles. The summed E-state index contributed by atoms with van der Waals surface area (Å²) in [6.45, 7) is 6.00. The molecule has 4 aromatic rings. The van der Waals surface area contributed by atoms with Gasteiger partial charge in [0.2, 0.25) is 11.8 Å². The summed E-state index contributed by atoms with van der Waals surface area (Å²) in [7, 11) is 0. The zero-order valence-electron chi connectivity index (χ0n) is 18.6. The van der Waals surface area contributed by atoms with Crippen LogP contribution in [0.4, 0.5) is 5.69 Å². The van der Waals surface area contributed by atoms with Gasteiger partial charge >= 0.3 is 0 Å². The Morgan fingerprint density at radius 2 is 2.03 bits per heavy atom. The molecule has 0 saturated heterocycles. The number of hydrogen-bond acceptors (Lipinski definition) is 6. The van der Waals surface area contributed by atoms with Gasteiger partial charge in [-0.2, -0.15) is 4.98 Å². The fraction of sp³-hybridized carbons (Fsp3) is 0.292. The lowest BCUT2D eigenvalue weighted by Crippen LogP contribution is -2.13. The van der Waals surface area contributed by atoms with E-state index in [1.165, 1.54) is 13.3 Å². The topological polar surface area (TPSA) is 94.8 Å². The van der Waals surface area contributed by atoms with Crippen molar-refractivity contribution in [3.63, 3.8) is 0 Å². The average molecular weight is 463 g/mol. The number of fused-ring (bicyclic) bond motifs is 1. The number of aromatic nitrogens is 5. The van der Waals surface area contributed by atoms with Crippen LogP contribution in [0.15, 0.2) is 42.9 Å². The predicted molar refractivity (Wildman–Crippen MR) is 126 cm³/mol. The van der Waals surface area contributed by atoms with Gasteiger partial charge in [0.05, 0.1) is 17.3 Å². The van der Waals surface area contributed by atoms with Crippen LogP contribution in [0.2, 0.25) is 5.02 Å². The van der Waals surface area contributed by atoms with Gasteiger partial charge in [0.1, 0.15) is 17.8 Å². The Kier molecular flexibility index (Phi) is 5.25. The van der Waals surface area contributed by atoms with Crippen LogP contribution in [0.1, 0.15) is 37.9 Å². The maximum absolute atomic E-state index is 11.4. The van der Waals surface area contributed by atoms with Gasteiger partial charge in [-0.1, -0.05) is 11.6 Å². The third-order valence-corrected chi connectivity index (χ3v) is 5.93. The van der Waals surface area contributed by atoms with Crippen LogP contribution in [-0.4, -0.2) is 36.0 Å². The largest absolute Gasteiger partial charge is 0.470 e. The Morgan fingerprint density at radius 3 is 2.73 bits per heavy atom. The summed E-state index contributed by atoms with van der Waals surface area (Å²) in [5.74, 6) is 0.921. The van der Waals surface area contributed by atoms with E-state index in [0.717, 1.165) is 24.1 Å². The second kappa shape index (κ2) is 8.12. The van der Waals surface area contributed by atoms with Gasteiger partial charge < -0.3 is 14.6 Å². The molecule has 1 N–H and O–H groups in total. The van der Waals surface area contributed by atoms with Crippen molar-refractivity contribution in [1.29, 1.82) is 0 Å². The fourth-order valence-corrected chi connectivity index (χ4v) is 3.95. The maximum Gasteiger partial charge on any atom is 0.245 e. The van der Waals surface area contributed by atoms with Crippen molar-refractivity contribution in [2.45, 2.75) is 45.8 Å². The average Bonchev–Trinajstić information content (AvgIpc) is 3.37. The minimum Gasteiger partial charge on any atom is -0.470 e. The third kappa shape index (κ3) is 4.39. The monoisotopic (exact) mass is 462 g/mol. The minimum absolute atomic E-state index is 0.165. The molecule has 1 saturated carbocycles. The first-order valence-corrected chi connectivity index (χ1v) is 11.1. The molecule has 0 spiro atoms. The van der Waals surface area contributed by atoms with Gasteiger partial charge in [-0.3, -0.25) is 9.78 Å². The molecule has 168 valence electrons. The lowest BCUT2D eigenvalue weighted by molar-refractivity contribution is -0.114. The van der Waals surface area contributed by atoms with E-state index in [-0.39, 0.29) is 11.5 Å². The number of carbonyl (C=O) groups is 1. The van der Waals surface area contributed by atoms with Gasteiger partial charge in [0.25, 0.3) is 0 Å². The van der Waals surface area contributed by atoms with Crippen LogP contribution < -0.4 is 10.1 Å². The molecule has 1 amide bonds. The molecule has 0 radical (unpaired) electrons. The summed E-state index contributed by atoms with van der Waals surface area (Å²) < 4.78 is 8.14. The van der Waals surface area contributed by atoms with Gasteiger partial charge in [0.15, 0.2) is 11.2 Å². The second-order valence-electron chi connectivity index (χ2n) is 8.62. The lowest BCUT2D eigenvalue weighted by atomic mass is 10.2. The molecule has 1 aliphatic rings. The Bertz CT molecular complexity index is 1380. The number of hydrogen-bond donors (Lipinski definition) is 1. The van der Waals surface area contributed by atoms with E-state index < -0.39 is 0 Å².